The highest BCUT2D eigenvalue weighted by molar-refractivity contribution is 6.06. The Balaban J connectivity index is 1.98. The minimum absolute atomic E-state index is 0.0543. The van der Waals surface area contributed by atoms with Crippen LogP contribution in [0.3, 0.4) is 0 Å². The molecule has 1 spiro atoms. The number of hydrogen-bond acceptors (Lipinski definition) is 2. The average molecular weight is 269 g/mol. The SMILES string of the molecule is [C-]#[N+][C@H]1C[C@@]2(CN1CC(C)C)C(=O)Nc1ccccc12. The van der Waals surface area contributed by atoms with E-state index in [2.05, 4.69) is 28.9 Å². The molecule has 104 valence electrons. The van der Waals surface area contributed by atoms with Crippen LogP contribution >= 0.6 is 0 Å². The summed E-state index contributed by atoms with van der Waals surface area (Å²) in [6, 6.07) is 7.87. The van der Waals surface area contributed by atoms with Crippen LogP contribution in [0.1, 0.15) is 25.8 Å². The van der Waals surface area contributed by atoms with Gasteiger partial charge in [0.2, 0.25) is 5.91 Å². The van der Waals surface area contributed by atoms with E-state index >= 15 is 0 Å². The highest BCUT2D eigenvalue weighted by Gasteiger charge is 2.56. The van der Waals surface area contributed by atoms with Gasteiger partial charge in [0.1, 0.15) is 0 Å². The van der Waals surface area contributed by atoms with Crippen molar-refractivity contribution in [3.8, 4) is 0 Å². The van der Waals surface area contributed by atoms with Gasteiger partial charge in [0.15, 0.2) is 0 Å². The molecule has 2 atom stereocenters. The van der Waals surface area contributed by atoms with Crippen LogP contribution in [0.4, 0.5) is 5.69 Å². The smallest absolute Gasteiger partial charge is 0.281 e. The van der Waals surface area contributed by atoms with Gasteiger partial charge in [-0.25, -0.2) is 11.5 Å². The Kier molecular flexibility index (Phi) is 3.02. The fourth-order valence-corrected chi connectivity index (χ4v) is 3.47. The zero-order valence-corrected chi connectivity index (χ0v) is 11.9. The lowest BCUT2D eigenvalue weighted by Crippen LogP contribution is -2.38. The normalized spacial score (nSPS) is 28.7. The number of nitrogens with one attached hydrogen (secondary N) is 1. The van der Waals surface area contributed by atoms with Crippen molar-refractivity contribution in [1.82, 2.24) is 4.90 Å². The van der Waals surface area contributed by atoms with Crippen molar-refractivity contribution in [2.24, 2.45) is 5.92 Å². The number of rotatable bonds is 2. The molecule has 1 amide bonds. The summed E-state index contributed by atoms with van der Waals surface area (Å²) in [6.45, 7) is 13.2. The molecule has 0 radical (unpaired) electrons. The summed E-state index contributed by atoms with van der Waals surface area (Å²) in [4.78, 5) is 18.4. The van der Waals surface area contributed by atoms with Gasteiger partial charge in [0.05, 0.1) is 11.8 Å². The predicted octanol–water partition coefficient (Wildman–Crippen LogP) is 2.48. The fourth-order valence-electron chi connectivity index (χ4n) is 3.47. The van der Waals surface area contributed by atoms with E-state index in [1.807, 2.05) is 24.3 Å². The van der Waals surface area contributed by atoms with Gasteiger partial charge in [-0.2, -0.15) is 0 Å². The number of benzene rings is 1. The van der Waals surface area contributed by atoms with E-state index < -0.39 is 5.41 Å². The number of anilines is 1. The van der Waals surface area contributed by atoms with Crippen LogP contribution in [-0.2, 0) is 10.2 Å². The first-order chi connectivity index (χ1) is 9.56. The van der Waals surface area contributed by atoms with Crippen LogP contribution < -0.4 is 5.32 Å². The van der Waals surface area contributed by atoms with Crippen LogP contribution in [0, 0.1) is 12.5 Å². The third-order valence-electron chi connectivity index (χ3n) is 4.30. The number of carbonyl (C=O) groups is 1. The molecule has 1 N–H and O–H groups in total. The molecule has 1 aromatic rings. The summed E-state index contributed by atoms with van der Waals surface area (Å²) < 4.78 is 0. The second-order valence-electron chi connectivity index (χ2n) is 6.22. The van der Waals surface area contributed by atoms with Gasteiger partial charge >= 0.3 is 0 Å². The van der Waals surface area contributed by atoms with Gasteiger partial charge in [-0.3, -0.25) is 9.64 Å². The fraction of sp³-hybridized carbons (Fsp3) is 0.500. The molecule has 0 bridgehead atoms. The molecule has 1 saturated heterocycles. The quantitative estimate of drug-likeness (QED) is 0.837. The zero-order valence-electron chi connectivity index (χ0n) is 11.9. The Morgan fingerprint density at radius 3 is 2.95 bits per heavy atom. The summed E-state index contributed by atoms with van der Waals surface area (Å²) in [5, 5.41) is 2.98. The van der Waals surface area contributed by atoms with Crippen LogP contribution in [0.15, 0.2) is 24.3 Å². The van der Waals surface area contributed by atoms with Gasteiger partial charge in [0, 0.05) is 18.8 Å². The summed E-state index contributed by atoms with van der Waals surface area (Å²) >= 11 is 0. The standard InChI is InChI=1S/C16H19N3O/c1-11(2)9-19-10-16(8-14(19)17-3)12-6-4-5-7-13(12)18-15(16)20/h4-7,11,14H,8-10H2,1-2H3,(H,18,20)/t14-,16+/m1/s1. The lowest BCUT2D eigenvalue weighted by atomic mass is 9.80. The maximum absolute atomic E-state index is 12.5. The summed E-state index contributed by atoms with van der Waals surface area (Å²) in [7, 11) is 0. The highest BCUT2D eigenvalue weighted by Crippen LogP contribution is 2.46. The minimum atomic E-state index is -0.527. The Labute approximate surface area is 119 Å². The van der Waals surface area contributed by atoms with Gasteiger partial charge < -0.3 is 5.32 Å². The molecule has 3 rings (SSSR count). The molecule has 4 heteroatoms. The third-order valence-corrected chi connectivity index (χ3v) is 4.30. The first kappa shape index (κ1) is 13.1. The summed E-state index contributed by atoms with van der Waals surface area (Å²) in [5.41, 5.74) is 1.44. The second kappa shape index (κ2) is 4.60. The average Bonchev–Trinajstić information content (AvgIpc) is 2.90. The van der Waals surface area contributed by atoms with Crippen molar-refractivity contribution >= 4 is 11.6 Å². The largest absolute Gasteiger partial charge is 0.325 e. The van der Waals surface area contributed by atoms with E-state index in [0.29, 0.717) is 18.9 Å². The Morgan fingerprint density at radius 2 is 2.25 bits per heavy atom. The maximum Gasteiger partial charge on any atom is 0.281 e. The van der Waals surface area contributed by atoms with Crippen molar-refractivity contribution in [2.45, 2.75) is 31.8 Å². The zero-order chi connectivity index (χ0) is 14.3. The van der Waals surface area contributed by atoms with Gasteiger partial charge in [-0.05, 0) is 17.5 Å². The number of fused-ring (bicyclic) bond motifs is 2. The van der Waals surface area contributed by atoms with Gasteiger partial charge in [-0.15, -0.1) is 0 Å². The van der Waals surface area contributed by atoms with Crippen LogP contribution in [0.5, 0.6) is 0 Å². The summed E-state index contributed by atoms with van der Waals surface area (Å²) in [6.07, 6.45) is 0.417. The van der Waals surface area contributed by atoms with E-state index in [0.717, 1.165) is 17.8 Å². The van der Waals surface area contributed by atoms with Crippen molar-refractivity contribution < 1.29 is 4.79 Å². The van der Waals surface area contributed by atoms with Gasteiger partial charge in [0.25, 0.3) is 6.17 Å². The lowest BCUT2D eigenvalue weighted by molar-refractivity contribution is -0.120. The number of amides is 1. The number of likely N-dealkylation sites (tertiary alicyclic amines) is 1. The molecule has 2 heterocycles. The predicted molar refractivity (Wildman–Crippen MR) is 78.2 cm³/mol. The van der Waals surface area contributed by atoms with Crippen molar-refractivity contribution in [3.05, 3.63) is 41.2 Å². The van der Waals surface area contributed by atoms with Crippen LogP contribution in [0.25, 0.3) is 4.85 Å². The molecular weight excluding hydrogens is 250 g/mol. The van der Waals surface area contributed by atoms with E-state index in [-0.39, 0.29) is 12.1 Å². The molecule has 1 aromatic carbocycles. The minimum Gasteiger partial charge on any atom is -0.325 e. The van der Waals surface area contributed by atoms with E-state index in [9.17, 15) is 4.79 Å². The number of para-hydroxylation sites is 1. The topological polar surface area (TPSA) is 36.7 Å². The van der Waals surface area contributed by atoms with Crippen molar-refractivity contribution in [2.75, 3.05) is 18.4 Å². The van der Waals surface area contributed by atoms with Crippen LogP contribution in [-0.4, -0.2) is 30.1 Å². The van der Waals surface area contributed by atoms with Gasteiger partial charge in [-0.1, -0.05) is 32.0 Å². The molecule has 4 nitrogen and oxygen atoms in total. The second-order valence-corrected chi connectivity index (χ2v) is 6.22. The number of nitrogens with zero attached hydrogens (tertiary/aromatic N) is 2. The first-order valence-electron chi connectivity index (χ1n) is 7.08. The molecule has 0 unspecified atom stereocenters. The molecule has 2 aliphatic rings. The summed E-state index contributed by atoms with van der Waals surface area (Å²) in [5.74, 6) is 0.549. The Morgan fingerprint density at radius 1 is 1.50 bits per heavy atom. The van der Waals surface area contributed by atoms with E-state index in [1.165, 1.54) is 0 Å². The Hall–Kier alpha value is -1.86. The monoisotopic (exact) mass is 269 g/mol. The van der Waals surface area contributed by atoms with Crippen molar-refractivity contribution in [3.63, 3.8) is 0 Å². The highest BCUT2D eigenvalue weighted by atomic mass is 16.2. The molecule has 2 aliphatic heterocycles. The van der Waals surface area contributed by atoms with E-state index in [4.69, 9.17) is 6.57 Å². The third kappa shape index (κ3) is 1.82. The number of hydrogen-bond donors (Lipinski definition) is 1. The van der Waals surface area contributed by atoms with E-state index in [1.54, 1.807) is 0 Å². The van der Waals surface area contributed by atoms with Crippen molar-refractivity contribution in [1.29, 1.82) is 0 Å². The van der Waals surface area contributed by atoms with Crippen LogP contribution in [0.2, 0.25) is 0 Å². The first-order valence-corrected chi connectivity index (χ1v) is 7.08. The molecule has 1 fully saturated rings. The Bertz CT molecular complexity index is 590. The lowest BCUT2D eigenvalue weighted by Gasteiger charge is -2.22. The molecule has 0 aromatic heterocycles. The maximum atomic E-state index is 12.5. The molecule has 0 aliphatic carbocycles. The number of carbonyl (C=O) groups excluding carboxylic acids is 1. The molecule has 20 heavy (non-hydrogen) atoms. The molecule has 0 saturated carbocycles. The molecular formula is C16H19N3O.